The Labute approximate surface area is 212 Å². The number of para-hydroxylation sites is 2. The zero-order chi connectivity index (χ0) is 26.0. The van der Waals surface area contributed by atoms with Gasteiger partial charge in [-0.1, -0.05) is 42.0 Å². The molecule has 0 N–H and O–H groups in total. The Morgan fingerprint density at radius 3 is 1.94 bits per heavy atom. The summed E-state index contributed by atoms with van der Waals surface area (Å²) in [7, 11) is 0. The SMILES string of the molecule is CCOC(=O)C1=C(C)N(Cn2c(C)nc3ccccc32)C(C)=C(C(=O)OCC)C1c1ccc(C)cc1. The Hall–Kier alpha value is -3.87. The molecule has 0 fully saturated rings. The van der Waals surface area contributed by atoms with Crippen LogP contribution in [-0.4, -0.2) is 39.6 Å². The van der Waals surface area contributed by atoms with Crippen LogP contribution in [0.4, 0.5) is 0 Å². The van der Waals surface area contributed by atoms with E-state index in [4.69, 9.17) is 9.47 Å². The normalized spacial score (nSPS) is 14.6. The molecular weight excluding hydrogens is 454 g/mol. The highest BCUT2D eigenvalue weighted by Crippen LogP contribution is 2.43. The molecule has 3 aromatic rings. The molecule has 2 aromatic carbocycles. The number of benzene rings is 2. The zero-order valence-electron chi connectivity index (χ0n) is 21.8. The molecule has 1 aliphatic heterocycles. The number of aromatic nitrogens is 2. The minimum atomic E-state index is -0.597. The van der Waals surface area contributed by atoms with Crippen molar-refractivity contribution in [3.63, 3.8) is 0 Å². The number of carbonyl (C=O) groups is 2. The summed E-state index contributed by atoms with van der Waals surface area (Å²) in [5.41, 5.74) is 6.16. The van der Waals surface area contributed by atoms with Crippen molar-refractivity contribution < 1.29 is 19.1 Å². The van der Waals surface area contributed by atoms with Crippen molar-refractivity contribution in [3.8, 4) is 0 Å². The van der Waals surface area contributed by atoms with Crippen LogP contribution in [0, 0.1) is 13.8 Å². The van der Waals surface area contributed by atoms with Crippen LogP contribution in [0.1, 0.15) is 50.6 Å². The Balaban J connectivity index is 1.93. The lowest BCUT2D eigenvalue weighted by Crippen LogP contribution is -2.36. The fraction of sp³-hybridized carbons (Fsp3) is 0.345. The number of carbonyl (C=O) groups excluding carboxylic acids is 2. The molecule has 0 saturated carbocycles. The Morgan fingerprint density at radius 1 is 0.833 bits per heavy atom. The Bertz CT molecular complexity index is 1320. The maximum absolute atomic E-state index is 13.4. The molecule has 0 saturated heterocycles. The first kappa shape index (κ1) is 25.2. The molecule has 0 amide bonds. The van der Waals surface area contributed by atoms with Gasteiger partial charge in [0.25, 0.3) is 0 Å². The van der Waals surface area contributed by atoms with Gasteiger partial charge in [-0.15, -0.1) is 0 Å². The van der Waals surface area contributed by atoms with Gasteiger partial charge in [-0.2, -0.15) is 0 Å². The summed E-state index contributed by atoms with van der Waals surface area (Å²) in [4.78, 5) is 33.5. The smallest absolute Gasteiger partial charge is 0.336 e. The van der Waals surface area contributed by atoms with Gasteiger partial charge in [0.1, 0.15) is 12.5 Å². The van der Waals surface area contributed by atoms with Gasteiger partial charge in [0.15, 0.2) is 0 Å². The lowest BCUT2D eigenvalue weighted by atomic mass is 9.79. The Kier molecular flexibility index (Phi) is 7.29. The van der Waals surface area contributed by atoms with Gasteiger partial charge in [-0.3, -0.25) is 0 Å². The molecule has 0 spiro atoms. The first-order valence-electron chi connectivity index (χ1n) is 12.3. The predicted octanol–water partition coefficient (Wildman–Crippen LogP) is 5.38. The number of esters is 2. The molecule has 0 aliphatic carbocycles. The average Bonchev–Trinajstić information content (AvgIpc) is 3.16. The van der Waals surface area contributed by atoms with Crippen LogP contribution in [-0.2, 0) is 25.7 Å². The van der Waals surface area contributed by atoms with Gasteiger partial charge in [0, 0.05) is 11.4 Å². The summed E-state index contributed by atoms with van der Waals surface area (Å²) in [6.45, 7) is 12.2. The van der Waals surface area contributed by atoms with Crippen LogP contribution in [0.2, 0.25) is 0 Å². The number of allylic oxidation sites excluding steroid dienone is 2. The van der Waals surface area contributed by atoms with Crippen LogP contribution in [0.25, 0.3) is 11.0 Å². The number of fused-ring (bicyclic) bond motifs is 1. The molecule has 1 aromatic heterocycles. The monoisotopic (exact) mass is 487 g/mol. The zero-order valence-corrected chi connectivity index (χ0v) is 21.8. The molecule has 1 aliphatic rings. The number of nitrogens with zero attached hydrogens (tertiary/aromatic N) is 3. The number of imidazole rings is 1. The van der Waals surface area contributed by atoms with Gasteiger partial charge in [-0.05, 0) is 59.2 Å². The Morgan fingerprint density at radius 2 is 1.39 bits per heavy atom. The molecule has 36 heavy (non-hydrogen) atoms. The lowest BCUT2D eigenvalue weighted by Gasteiger charge is -2.38. The van der Waals surface area contributed by atoms with E-state index in [1.54, 1.807) is 13.8 Å². The minimum absolute atomic E-state index is 0.235. The van der Waals surface area contributed by atoms with Crippen molar-refractivity contribution in [1.82, 2.24) is 14.5 Å². The van der Waals surface area contributed by atoms with E-state index in [1.165, 1.54) is 0 Å². The van der Waals surface area contributed by atoms with Gasteiger partial charge in [0.2, 0.25) is 0 Å². The van der Waals surface area contributed by atoms with E-state index in [0.29, 0.717) is 17.8 Å². The van der Waals surface area contributed by atoms with Crippen LogP contribution in [0.5, 0.6) is 0 Å². The number of rotatable bonds is 7. The van der Waals surface area contributed by atoms with E-state index in [1.807, 2.05) is 81.1 Å². The number of ether oxygens (including phenoxy) is 2. The summed E-state index contributed by atoms with van der Waals surface area (Å²) in [6, 6.07) is 15.8. The molecule has 2 heterocycles. The molecule has 7 heteroatoms. The topological polar surface area (TPSA) is 73.7 Å². The number of hydrogen-bond acceptors (Lipinski definition) is 6. The first-order chi connectivity index (χ1) is 17.3. The second kappa shape index (κ2) is 10.4. The molecule has 0 radical (unpaired) electrons. The highest BCUT2D eigenvalue weighted by molar-refractivity contribution is 5.99. The van der Waals surface area contributed by atoms with Gasteiger partial charge in [0.05, 0.1) is 41.3 Å². The number of aryl methyl sites for hydroxylation is 2. The maximum atomic E-state index is 13.4. The molecule has 4 rings (SSSR count). The average molecular weight is 488 g/mol. The van der Waals surface area contributed by atoms with E-state index in [9.17, 15) is 9.59 Å². The number of hydrogen-bond donors (Lipinski definition) is 0. The van der Waals surface area contributed by atoms with Crippen molar-refractivity contribution in [2.45, 2.75) is 54.1 Å². The summed E-state index contributed by atoms with van der Waals surface area (Å²) >= 11 is 0. The van der Waals surface area contributed by atoms with E-state index in [2.05, 4.69) is 9.55 Å². The minimum Gasteiger partial charge on any atom is -0.463 e. The van der Waals surface area contributed by atoms with Gasteiger partial charge in [-0.25, -0.2) is 14.6 Å². The van der Waals surface area contributed by atoms with Gasteiger partial charge < -0.3 is 18.9 Å². The fourth-order valence-corrected chi connectivity index (χ4v) is 4.87. The largest absolute Gasteiger partial charge is 0.463 e. The van der Waals surface area contributed by atoms with Crippen molar-refractivity contribution in [2.75, 3.05) is 13.2 Å². The second-order valence-electron chi connectivity index (χ2n) is 8.93. The second-order valence-corrected chi connectivity index (χ2v) is 8.93. The van der Waals surface area contributed by atoms with Crippen molar-refractivity contribution >= 4 is 23.0 Å². The maximum Gasteiger partial charge on any atom is 0.336 e. The third kappa shape index (κ3) is 4.53. The lowest BCUT2D eigenvalue weighted by molar-refractivity contribution is -0.139. The molecular formula is C29H33N3O4. The van der Waals surface area contributed by atoms with Crippen molar-refractivity contribution in [2.24, 2.45) is 0 Å². The standard InChI is InChI=1S/C29H33N3O4/c1-7-35-28(33)25-19(4)31(17-32-21(6)30-23-11-9-10-12-24(23)32)20(5)26(29(34)36-8-2)27(25)22-15-13-18(3)14-16-22/h9-16,27H,7-8,17H2,1-6H3. The van der Waals surface area contributed by atoms with E-state index >= 15 is 0 Å². The van der Waals surface area contributed by atoms with Crippen LogP contribution >= 0.6 is 0 Å². The highest BCUT2D eigenvalue weighted by atomic mass is 16.5. The predicted molar refractivity (Wildman–Crippen MR) is 139 cm³/mol. The molecule has 0 atom stereocenters. The summed E-state index contributed by atoms with van der Waals surface area (Å²) < 4.78 is 13.1. The van der Waals surface area contributed by atoms with E-state index < -0.39 is 17.9 Å². The van der Waals surface area contributed by atoms with Crippen LogP contribution < -0.4 is 0 Å². The third-order valence-corrected chi connectivity index (χ3v) is 6.70. The quantitative estimate of drug-likeness (QED) is 0.417. The van der Waals surface area contributed by atoms with Crippen molar-refractivity contribution in [1.29, 1.82) is 0 Å². The first-order valence-corrected chi connectivity index (χ1v) is 12.3. The van der Waals surface area contributed by atoms with E-state index in [-0.39, 0.29) is 13.2 Å². The van der Waals surface area contributed by atoms with Gasteiger partial charge >= 0.3 is 11.9 Å². The van der Waals surface area contributed by atoms with Crippen LogP contribution in [0.3, 0.4) is 0 Å². The fourth-order valence-electron chi connectivity index (χ4n) is 4.87. The molecule has 0 bridgehead atoms. The third-order valence-electron chi connectivity index (χ3n) is 6.70. The summed E-state index contributed by atoms with van der Waals surface area (Å²) in [5, 5.41) is 0. The molecule has 188 valence electrons. The summed E-state index contributed by atoms with van der Waals surface area (Å²) in [5.74, 6) is -0.632. The van der Waals surface area contributed by atoms with E-state index in [0.717, 1.165) is 39.4 Å². The highest BCUT2D eigenvalue weighted by Gasteiger charge is 2.40. The van der Waals surface area contributed by atoms with Crippen LogP contribution in [0.15, 0.2) is 71.1 Å². The van der Waals surface area contributed by atoms with Crippen molar-refractivity contribution in [3.05, 3.63) is 88.0 Å². The molecule has 0 unspecified atom stereocenters. The molecule has 7 nitrogen and oxygen atoms in total. The summed E-state index contributed by atoms with van der Waals surface area (Å²) in [6.07, 6.45) is 0.